The molecule has 0 bridgehead atoms. The van der Waals surface area contributed by atoms with E-state index in [1.807, 2.05) is 54.3 Å². The average Bonchev–Trinajstić information content (AvgIpc) is 2.73. The van der Waals surface area contributed by atoms with Crippen molar-refractivity contribution in [1.82, 2.24) is 9.21 Å². The summed E-state index contributed by atoms with van der Waals surface area (Å²) in [4.78, 5) is 14.9. The monoisotopic (exact) mass is 416 g/mol. The molecule has 1 heterocycles. The van der Waals surface area contributed by atoms with Gasteiger partial charge in [0.05, 0.1) is 13.4 Å². The summed E-state index contributed by atoms with van der Waals surface area (Å²) in [6.45, 7) is 3.39. The summed E-state index contributed by atoms with van der Waals surface area (Å²) < 4.78 is 30.9. The zero-order chi connectivity index (χ0) is 21.0. The number of nitrogens with zero attached hydrogens (tertiary/aromatic N) is 2. The first-order chi connectivity index (χ1) is 13.8. The number of likely N-dealkylation sites (tertiary alicyclic amines) is 1. The number of amides is 1. The van der Waals surface area contributed by atoms with Crippen molar-refractivity contribution in [1.29, 1.82) is 0 Å². The maximum Gasteiger partial charge on any atom is 0.253 e. The Morgan fingerprint density at radius 3 is 2.34 bits per heavy atom. The molecular weight excluding hydrogens is 388 g/mol. The van der Waals surface area contributed by atoms with Gasteiger partial charge in [-0.25, -0.2) is 8.42 Å². The molecule has 7 heteroatoms. The third-order valence-electron chi connectivity index (χ3n) is 5.43. The summed E-state index contributed by atoms with van der Waals surface area (Å²) in [6, 6.07) is 15.3. The van der Waals surface area contributed by atoms with E-state index in [1.165, 1.54) is 10.6 Å². The van der Waals surface area contributed by atoms with Gasteiger partial charge in [0.25, 0.3) is 5.91 Å². The van der Waals surface area contributed by atoms with Crippen LogP contribution in [0.5, 0.6) is 5.75 Å². The second-order valence-electron chi connectivity index (χ2n) is 7.27. The van der Waals surface area contributed by atoms with Crippen molar-refractivity contribution < 1.29 is 17.9 Å². The molecule has 2 aromatic carbocycles. The van der Waals surface area contributed by atoms with Gasteiger partial charge in [-0.3, -0.25) is 4.79 Å². The lowest BCUT2D eigenvalue weighted by molar-refractivity contribution is 0.0680. The van der Waals surface area contributed by atoms with E-state index in [2.05, 4.69) is 0 Å². The molecule has 0 spiro atoms. The van der Waals surface area contributed by atoms with Gasteiger partial charge < -0.3 is 9.64 Å². The van der Waals surface area contributed by atoms with Crippen LogP contribution in [0.3, 0.4) is 0 Å². The Morgan fingerprint density at radius 2 is 1.79 bits per heavy atom. The molecule has 0 saturated carbocycles. The van der Waals surface area contributed by atoms with Gasteiger partial charge in [-0.1, -0.05) is 37.3 Å². The number of hydrogen-bond acceptors (Lipinski definition) is 4. The molecule has 0 aliphatic carbocycles. The minimum Gasteiger partial charge on any atom is -0.496 e. The van der Waals surface area contributed by atoms with E-state index in [0.29, 0.717) is 38.0 Å². The van der Waals surface area contributed by atoms with Gasteiger partial charge in [0, 0.05) is 36.8 Å². The lowest BCUT2D eigenvalue weighted by atomic mass is 10.00. The highest BCUT2D eigenvalue weighted by Crippen LogP contribution is 2.31. The van der Waals surface area contributed by atoms with Crippen molar-refractivity contribution in [3.8, 4) is 16.9 Å². The summed E-state index contributed by atoms with van der Waals surface area (Å²) >= 11 is 0. The lowest BCUT2D eigenvalue weighted by Crippen LogP contribution is -2.48. The predicted molar refractivity (Wildman–Crippen MR) is 115 cm³/mol. The minimum absolute atomic E-state index is 0.0364. The highest BCUT2D eigenvalue weighted by molar-refractivity contribution is 7.88. The lowest BCUT2D eigenvalue weighted by Gasteiger charge is -2.37. The first kappa shape index (κ1) is 21.3. The summed E-state index contributed by atoms with van der Waals surface area (Å²) in [5, 5.41) is 0. The minimum atomic E-state index is -3.23. The third-order valence-corrected chi connectivity index (χ3v) is 6.84. The quantitative estimate of drug-likeness (QED) is 0.725. The van der Waals surface area contributed by atoms with Crippen molar-refractivity contribution in [2.45, 2.75) is 25.8 Å². The Hall–Kier alpha value is -2.38. The van der Waals surface area contributed by atoms with Gasteiger partial charge in [-0.2, -0.15) is 4.31 Å². The van der Waals surface area contributed by atoms with Crippen LogP contribution in [0.1, 0.15) is 30.1 Å². The van der Waals surface area contributed by atoms with Gasteiger partial charge in [0.15, 0.2) is 0 Å². The molecule has 2 aromatic rings. The van der Waals surface area contributed by atoms with E-state index in [0.717, 1.165) is 16.9 Å². The number of benzene rings is 2. The van der Waals surface area contributed by atoms with Crippen LogP contribution in [-0.2, 0) is 10.0 Å². The molecule has 3 rings (SSSR count). The molecule has 0 radical (unpaired) electrons. The normalized spacial score (nSPS) is 15.5. The molecule has 0 aromatic heterocycles. The zero-order valence-electron chi connectivity index (χ0n) is 17.2. The Morgan fingerprint density at radius 1 is 1.14 bits per heavy atom. The molecule has 156 valence electrons. The van der Waals surface area contributed by atoms with Crippen molar-refractivity contribution >= 4 is 15.9 Å². The predicted octanol–water partition coefficient (Wildman–Crippen LogP) is 3.25. The molecule has 0 unspecified atom stereocenters. The summed E-state index contributed by atoms with van der Waals surface area (Å²) in [7, 11) is -1.61. The molecule has 1 aliphatic heterocycles. The van der Waals surface area contributed by atoms with Crippen LogP contribution in [-0.4, -0.2) is 62.6 Å². The molecule has 29 heavy (non-hydrogen) atoms. The topological polar surface area (TPSA) is 66.9 Å². The summed E-state index contributed by atoms with van der Waals surface area (Å²) in [5.41, 5.74) is 2.48. The number of methoxy groups -OCH3 is 1. The third kappa shape index (κ3) is 4.79. The smallest absolute Gasteiger partial charge is 0.253 e. The Labute approximate surface area is 173 Å². The van der Waals surface area contributed by atoms with Crippen LogP contribution < -0.4 is 4.74 Å². The van der Waals surface area contributed by atoms with Crippen molar-refractivity contribution in [3.63, 3.8) is 0 Å². The molecule has 0 atom stereocenters. The van der Waals surface area contributed by atoms with Crippen molar-refractivity contribution in [3.05, 3.63) is 54.1 Å². The fraction of sp³-hybridized carbons (Fsp3) is 0.409. The highest BCUT2D eigenvalue weighted by Gasteiger charge is 2.31. The number of sulfonamides is 1. The van der Waals surface area contributed by atoms with E-state index in [4.69, 9.17) is 4.74 Å². The summed E-state index contributed by atoms with van der Waals surface area (Å²) in [6.07, 6.45) is 2.54. The van der Waals surface area contributed by atoms with E-state index >= 15 is 0 Å². The van der Waals surface area contributed by atoms with Crippen LogP contribution in [0.2, 0.25) is 0 Å². The number of carbonyl (C=O) groups is 1. The first-order valence-corrected chi connectivity index (χ1v) is 11.7. The Balaban J connectivity index is 1.77. The number of hydrogen-bond donors (Lipinski definition) is 0. The fourth-order valence-corrected chi connectivity index (χ4v) is 5.21. The van der Waals surface area contributed by atoms with Crippen LogP contribution in [0.4, 0.5) is 0 Å². The van der Waals surface area contributed by atoms with E-state index < -0.39 is 10.0 Å². The van der Waals surface area contributed by atoms with Gasteiger partial charge >= 0.3 is 0 Å². The average molecular weight is 417 g/mol. The van der Waals surface area contributed by atoms with Gasteiger partial charge in [-0.05, 0) is 36.6 Å². The van der Waals surface area contributed by atoms with E-state index in [9.17, 15) is 13.2 Å². The SMILES string of the molecule is CCN(C1CCN(C(=O)c2ccc(OC)c(-c3ccccc3)c2)CC1)S(C)(=O)=O. The van der Waals surface area contributed by atoms with Crippen molar-refractivity contribution in [2.24, 2.45) is 0 Å². The molecule has 1 aliphatic rings. The Kier molecular flexibility index (Phi) is 6.59. The first-order valence-electron chi connectivity index (χ1n) is 9.84. The van der Waals surface area contributed by atoms with Gasteiger partial charge in [0.2, 0.25) is 10.0 Å². The van der Waals surface area contributed by atoms with Crippen LogP contribution in [0, 0.1) is 0 Å². The van der Waals surface area contributed by atoms with E-state index in [-0.39, 0.29) is 11.9 Å². The number of rotatable bonds is 6. The molecule has 1 saturated heterocycles. The van der Waals surface area contributed by atoms with Crippen LogP contribution >= 0.6 is 0 Å². The van der Waals surface area contributed by atoms with Gasteiger partial charge in [0.1, 0.15) is 5.75 Å². The van der Waals surface area contributed by atoms with Crippen LogP contribution in [0.25, 0.3) is 11.1 Å². The molecule has 6 nitrogen and oxygen atoms in total. The summed E-state index contributed by atoms with van der Waals surface area (Å²) in [5.74, 6) is 0.684. The molecule has 1 fully saturated rings. The highest BCUT2D eigenvalue weighted by atomic mass is 32.2. The number of piperidine rings is 1. The largest absolute Gasteiger partial charge is 0.496 e. The maximum atomic E-state index is 13.1. The van der Waals surface area contributed by atoms with E-state index in [1.54, 1.807) is 13.2 Å². The Bertz CT molecular complexity index is 952. The second-order valence-corrected chi connectivity index (χ2v) is 9.21. The van der Waals surface area contributed by atoms with Gasteiger partial charge in [-0.15, -0.1) is 0 Å². The molecular formula is C22H28N2O4S. The number of ether oxygens (including phenoxy) is 1. The zero-order valence-corrected chi connectivity index (χ0v) is 18.0. The standard InChI is InChI=1S/C22H28N2O4S/c1-4-24(29(3,26)27)19-12-14-23(15-13-19)22(25)18-10-11-21(28-2)20(16-18)17-8-6-5-7-9-17/h5-11,16,19H,4,12-15H2,1-3H3. The van der Waals surface area contributed by atoms with Crippen molar-refractivity contribution in [2.75, 3.05) is 33.0 Å². The fourth-order valence-electron chi connectivity index (χ4n) is 3.99. The maximum absolute atomic E-state index is 13.1. The number of carbonyl (C=O) groups excluding carboxylic acids is 1. The van der Waals surface area contributed by atoms with Crippen LogP contribution in [0.15, 0.2) is 48.5 Å². The second kappa shape index (κ2) is 8.97. The molecule has 1 amide bonds. The molecule has 0 N–H and O–H groups in total.